The highest BCUT2D eigenvalue weighted by Gasteiger charge is 2.40. The van der Waals surface area contributed by atoms with E-state index in [0.717, 1.165) is 4.90 Å². The van der Waals surface area contributed by atoms with E-state index in [-0.39, 0.29) is 23.9 Å². The van der Waals surface area contributed by atoms with Gasteiger partial charge in [0, 0.05) is 28.1 Å². The molecule has 1 aliphatic rings. The zero-order chi connectivity index (χ0) is 31.9. The minimum absolute atomic E-state index is 0.00235. The first-order valence-electron chi connectivity index (χ1n) is 13.8. The summed E-state index contributed by atoms with van der Waals surface area (Å²) in [4.78, 5) is 53.8. The predicted molar refractivity (Wildman–Crippen MR) is 170 cm³/mol. The van der Waals surface area contributed by atoms with Gasteiger partial charge in [0.25, 0.3) is 11.8 Å². The summed E-state index contributed by atoms with van der Waals surface area (Å²) in [5.41, 5.74) is 1.59. The van der Waals surface area contributed by atoms with Crippen molar-refractivity contribution < 1.29 is 33.0 Å². The number of benzene rings is 4. The Bertz CT molecular complexity index is 1760. The second kappa shape index (κ2) is 13.9. The third kappa shape index (κ3) is 7.39. The summed E-state index contributed by atoms with van der Waals surface area (Å²) in [6.45, 7) is 0. The van der Waals surface area contributed by atoms with Crippen LogP contribution in [0.2, 0.25) is 0 Å². The largest absolute Gasteiger partial charge is 0.497 e. The van der Waals surface area contributed by atoms with Gasteiger partial charge in [-0.1, -0.05) is 18.2 Å². The van der Waals surface area contributed by atoms with Crippen molar-refractivity contribution >= 4 is 52.8 Å². The van der Waals surface area contributed by atoms with Crippen molar-refractivity contribution in [2.45, 2.75) is 16.6 Å². The van der Waals surface area contributed by atoms with Gasteiger partial charge in [0.2, 0.25) is 11.8 Å². The summed E-state index contributed by atoms with van der Waals surface area (Å²) in [5, 5.41) is 4.84. The first-order valence-corrected chi connectivity index (χ1v) is 14.6. The number of amides is 4. The van der Waals surface area contributed by atoms with Crippen LogP contribution < -0.4 is 25.0 Å². The van der Waals surface area contributed by atoms with Gasteiger partial charge < -0.3 is 20.1 Å². The second-order valence-corrected chi connectivity index (χ2v) is 11.1. The molecule has 1 unspecified atom stereocenters. The normalized spacial score (nSPS) is 14.7. The number of methoxy groups -OCH3 is 2. The molecule has 45 heavy (non-hydrogen) atoms. The molecule has 0 bridgehead atoms. The summed E-state index contributed by atoms with van der Waals surface area (Å²) < 4.78 is 24.1. The van der Waals surface area contributed by atoms with Crippen molar-refractivity contribution in [2.24, 2.45) is 0 Å². The van der Waals surface area contributed by atoms with Crippen LogP contribution in [0.25, 0.3) is 6.08 Å². The molecule has 2 N–H and O–H groups in total. The van der Waals surface area contributed by atoms with Gasteiger partial charge in [-0.15, -0.1) is 11.8 Å². The minimum Gasteiger partial charge on any atom is -0.497 e. The highest BCUT2D eigenvalue weighted by molar-refractivity contribution is 8.00. The standard InChI is InChI=1S/C34H28FN3O6S/c1-43-26-14-17-29(44-2)22(18-26)19-28(37-32(40)21-6-4-3-5-7-21)33(41)36-24-10-15-27(16-11-24)45-30-20-31(39)38(34(30)42)25-12-8-23(35)9-13-25/h3-19,30H,20H2,1-2H3,(H,36,41)(H,37,40)/b28-19-. The van der Waals surface area contributed by atoms with Crippen molar-refractivity contribution in [2.75, 3.05) is 24.4 Å². The summed E-state index contributed by atoms with van der Waals surface area (Å²) in [6, 6.07) is 25.5. The Balaban J connectivity index is 1.32. The van der Waals surface area contributed by atoms with E-state index in [2.05, 4.69) is 10.6 Å². The molecule has 0 spiro atoms. The van der Waals surface area contributed by atoms with Gasteiger partial charge in [0.05, 0.1) is 25.2 Å². The fourth-order valence-corrected chi connectivity index (χ4v) is 5.64. The maximum absolute atomic E-state index is 13.5. The van der Waals surface area contributed by atoms with Crippen LogP contribution in [0.15, 0.2) is 108 Å². The molecular weight excluding hydrogens is 597 g/mol. The summed E-state index contributed by atoms with van der Waals surface area (Å²) >= 11 is 1.22. The average molecular weight is 626 g/mol. The first kappa shape index (κ1) is 31.0. The third-order valence-corrected chi connectivity index (χ3v) is 8.04. The monoisotopic (exact) mass is 625 g/mol. The predicted octanol–water partition coefficient (Wildman–Crippen LogP) is 5.68. The number of ether oxygens (including phenoxy) is 2. The lowest BCUT2D eigenvalue weighted by Crippen LogP contribution is -2.31. The molecule has 228 valence electrons. The van der Waals surface area contributed by atoms with E-state index >= 15 is 0 Å². The number of carbonyl (C=O) groups is 4. The van der Waals surface area contributed by atoms with Crippen LogP contribution in [0, 0.1) is 5.82 Å². The minimum atomic E-state index is -0.649. The van der Waals surface area contributed by atoms with Crippen molar-refractivity contribution in [1.82, 2.24) is 5.32 Å². The number of nitrogens with zero attached hydrogens (tertiary/aromatic N) is 1. The maximum atomic E-state index is 13.5. The van der Waals surface area contributed by atoms with Crippen LogP contribution >= 0.6 is 11.8 Å². The summed E-state index contributed by atoms with van der Waals surface area (Å²) in [5.74, 6) is -1.27. The lowest BCUT2D eigenvalue weighted by molar-refractivity contribution is -0.121. The topological polar surface area (TPSA) is 114 Å². The Kier molecular flexibility index (Phi) is 9.59. The Hall–Kier alpha value is -5.42. The average Bonchev–Trinajstić information content (AvgIpc) is 3.33. The van der Waals surface area contributed by atoms with Gasteiger partial charge >= 0.3 is 0 Å². The van der Waals surface area contributed by atoms with Crippen molar-refractivity contribution in [3.05, 3.63) is 120 Å². The molecule has 1 atom stereocenters. The highest BCUT2D eigenvalue weighted by atomic mass is 32.2. The van der Waals surface area contributed by atoms with Gasteiger partial charge in [-0.05, 0) is 84.9 Å². The van der Waals surface area contributed by atoms with Gasteiger partial charge in [-0.3, -0.25) is 19.2 Å². The number of rotatable bonds is 10. The van der Waals surface area contributed by atoms with E-state index < -0.39 is 22.9 Å². The molecule has 0 aromatic heterocycles. The van der Waals surface area contributed by atoms with Crippen LogP contribution in [-0.4, -0.2) is 43.1 Å². The molecule has 4 aromatic carbocycles. The molecule has 5 rings (SSSR count). The molecular formula is C34H28FN3O6S. The molecule has 4 aromatic rings. The Morgan fingerprint density at radius 3 is 2.29 bits per heavy atom. The molecule has 1 heterocycles. The molecule has 1 fully saturated rings. The molecule has 0 radical (unpaired) electrons. The number of halogens is 1. The lowest BCUT2D eigenvalue weighted by Gasteiger charge is -2.15. The molecule has 4 amide bonds. The van der Waals surface area contributed by atoms with Crippen LogP contribution in [-0.2, 0) is 14.4 Å². The van der Waals surface area contributed by atoms with E-state index in [4.69, 9.17) is 9.47 Å². The van der Waals surface area contributed by atoms with E-state index in [1.54, 1.807) is 72.8 Å². The number of hydrogen-bond donors (Lipinski definition) is 2. The zero-order valence-electron chi connectivity index (χ0n) is 24.3. The van der Waals surface area contributed by atoms with Crippen molar-refractivity contribution in [3.8, 4) is 11.5 Å². The van der Waals surface area contributed by atoms with Gasteiger partial charge in [0.15, 0.2) is 0 Å². The summed E-state index contributed by atoms with van der Waals surface area (Å²) in [6.07, 6.45) is 1.50. The SMILES string of the molecule is COc1ccc(OC)c(/C=C(\NC(=O)c2ccccc2)C(=O)Nc2ccc(SC3CC(=O)N(c4ccc(F)cc4)C3=O)cc2)c1. The fraction of sp³-hybridized carbons (Fsp3) is 0.118. The number of hydrogen-bond acceptors (Lipinski definition) is 7. The molecule has 0 aliphatic carbocycles. The van der Waals surface area contributed by atoms with Crippen molar-refractivity contribution in [3.63, 3.8) is 0 Å². The van der Waals surface area contributed by atoms with E-state index in [1.807, 2.05) is 0 Å². The number of carbonyl (C=O) groups excluding carboxylic acids is 4. The number of anilines is 2. The van der Waals surface area contributed by atoms with Crippen LogP contribution in [0.5, 0.6) is 11.5 Å². The maximum Gasteiger partial charge on any atom is 0.272 e. The van der Waals surface area contributed by atoms with Gasteiger partial charge in [-0.2, -0.15) is 0 Å². The number of imide groups is 1. The third-order valence-electron chi connectivity index (χ3n) is 6.85. The Morgan fingerprint density at radius 1 is 0.911 bits per heavy atom. The van der Waals surface area contributed by atoms with Crippen molar-refractivity contribution in [1.29, 1.82) is 0 Å². The van der Waals surface area contributed by atoms with Crippen LogP contribution in [0.3, 0.4) is 0 Å². The van der Waals surface area contributed by atoms with E-state index in [0.29, 0.717) is 38.9 Å². The molecule has 1 aliphatic heterocycles. The second-order valence-electron chi connectivity index (χ2n) is 9.82. The van der Waals surface area contributed by atoms with Gasteiger partial charge in [-0.25, -0.2) is 9.29 Å². The number of thioether (sulfide) groups is 1. The number of nitrogens with one attached hydrogen (secondary N) is 2. The van der Waals surface area contributed by atoms with Gasteiger partial charge in [0.1, 0.15) is 23.0 Å². The Morgan fingerprint density at radius 2 is 1.62 bits per heavy atom. The Labute approximate surface area is 263 Å². The molecule has 11 heteroatoms. The zero-order valence-corrected chi connectivity index (χ0v) is 25.1. The van der Waals surface area contributed by atoms with E-state index in [1.165, 1.54) is 56.3 Å². The van der Waals surface area contributed by atoms with Crippen LogP contribution in [0.4, 0.5) is 15.8 Å². The smallest absolute Gasteiger partial charge is 0.272 e. The molecule has 0 saturated carbocycles. The fourth-order valence-electron chi connectivity index (χ4n) is 4.59. The summed E-state index contributed by atoms with van der Waals surface area (Å²) in [7, 11) is 3.01. The van der Waals surface area contributed by atoms with E-state index in [9.17, 15) is 23.6 Å². The molecule has 1 saturated heterocycles. The first-order chi connectivity index (χ1) is 21.7. The quantitative estimate of drug-likeness (QED) is 0.172. The molecule has 9 nitrogen and oxygen atoms in total. The van der Waals surface area contributed by atoms with Crippen LogP contribution in [0.1, 0.15) is 22.3 Å². The highest BCUT2D eigenvalue weighted by Crippen LogP contribution is 2.34. The lowest BCUT2D eigenvalue weighted by atomic mass is 10.1.